The molecule has 1 aliphatic heterocycles. The van der Waals surface area contributed by atoms with E-state index in [0.29, 0.717) is 49.9 Å². The number of aryl methyl sites for hydroxylation is 1. The third-order valence-corrected chi connectivity index (χ3v) is 4.13. The Hall–Kier alpha value is -2.51. The van der Waals surface area contributed by atoms with Crippen LogP contribution in [0.3, 0.4) is 0 Å². The van der Waals surface area contributed by atoms with Crippen LogP contribution in [0.15, 0.2) is 34.9 Å². The molecule has 5 nitrogen and oxygen atoms in total. The third kappa shape index (κ3) is 3.94. The van der Waals surface area contributed by atoms with Gasteiger partial charge in [-0.25, -0.2) is 4.98 Å². The van der Waals surface area contributed by atoms with Crippen LogP contribution in [0, 0.1) is 6.92 Å². The normalized spacial score (nSPS) is 16.0. The van der Waals surface area contributed by atoms with Crippen LogP contribution in [0.25, 0.3) is 0 Å². The number of anilines is 1. The average Bonchev–Trinajstić information content (AvgIpc) is 2.86. The zero-order valence-electron chi connectivity index (χ0n) is 13.7. The van der Waals surface area contributed by atoms with Gasteiger partial charge in [0.2, 0.25) is 0 Å². The summed E-state index contributed by atoms with van der Waals surface area (Å²) in [6.07, 6.45) is -2.85. The molecule has 1 amide bonds. The first kappa shape index (κ1) is 17.3. The molecule has 8 heteroatoms. The summed E-state index contributed by atoms with van der Waals surface area (Å²) >= 11 is 0. The largest absolute Gasteiger partial charge is 0.456 e. The van der Waals surface area contributed by atoms with Gasteiger partial charge in [-0.05, 0) is 37.6 Å². The quantitative estimate of drug-likeness (QED) is 0.831. The van der Waals surface area contributed by atoms with E-state index in [9.17, 15) is 18.0 Å². The van der Waals surface area contributed by atoms with Crippen molar-refractivity contribution in [2.24, 2.45) is 0 Å². The number of amides is 1. The lowest BCUT2D eigenvalue weighted by Crippen LogP contribution is -2.35. The highest BCUT2D eigenvalue weighted by atomic mass is 19.4. The van der Waals surface area contributed by atoms with Crippen LogP contribution in [0.4, 0.5) is 19.0 Å². The number of alkyl halides is 3. The molecule has 3 heterocycles. The minimum Gasteiger partial charge on any atom is -0.456 e. The van der Waals surface area contributed by atoms with E-state index in [2.05, 4.69) is 4.98 Å². The van der Waals surface area contributed by atoms with Gasteiger partial charge in [0, 0.05) is 32.4 Å². The first-order valence-corrected chi connectivity index (χ1v) is 7.98. The van der Waals surface area contributed by atoms with Crippen molar-refractivity contribution in [1.82, 2.24) is 9.88 Å². The summed E-state index contributed by atoms with van der Waals surface area (Å²) < 4.78 is 43.2. The van der Waals surface area contributed by atoms with Crippen LogP contribution < -0.4 is 4.90 Å². The standard InChI is InChI=1S/C17H18F3N3O2/c1-12-3-5-14(25-12)16(24)23-8-2-7-22(9-10-23)15-6-4-13(11-21-15)17(18,19)20/h3-6,11H,2,7-10H2,1H3. The summed E-state index contributed by atoms with van der Waals surface area (Å²) in [6, 6.07) is 5.79. The predicted octanol–water partition coefficient (Wildman–Crippen LogP) is 3.35. The summed E-state index contributed by atoms with van der Waals surface area (Å²) in [5, 5.41) is 0. The maximum absolute atomic E-state index is 12.6. The lowest BCUT2D eigenvalue weighted by Gasteiger charge is -2.22. The molecule has 1 saturated heterocycles. The summed E-state index contributed by atoms with van der Waals surface area (Å²) in [4.78, 5) is 19.9. The molecule has 3 rings (SSSR count). The van der Waals surface area contributed by atoms with Crippen LogP contribution >= 0.6 is 0 Å². The number of carbonyl (C=O) groups excluding carboxylic acids is 1. The predicted molar refractivity (Wildman–Crippen MR) is 85.4 cm³/mol. The summed E-state index contributed by atoms with van der Waals surface area (Å²) in [7, 11) is 0. The van der Waals surface area contributed by atoms with Gasteiger partial charge in [0.25, 0.3) is 5.91 Å². The maximum atomic E-state index is 12.6. The number of hydrogen-bond donors (Lipinski definition) is 0. The molecule has 0 N–H and O–H groups in total. The molecule has 2 aromatic heterocycles. The topological polar surface area (TPSA) is 49.6 Å². The van der Waals surface area contributed by atoms with E-state index < -0.39 is 11.7 Å². The van der Waals surface area contributed by atoms with Gasteiger partial charge in [0.15, 0.2) is 5.76 Å². The van der Waals surface area contributed by atoms with Gasteiger partial charge in [0.1, 0.15) is 11.6 Å². The molecule has 1 aliphatic rings. The highest BCUT2D eigenvalue weighted by Crippen LogP contribution is 2.29. The fourth-order valence-corrected chi connectivity index (χ4v) is 2.80. The van der Waals surface area contributed by atoms with E-state index in [1.807, 2.05) is 4.90 Å². The van der Waals surface area contributed by atoms with Gasteiger partial charge in [0.05, 0.1) is 5.56 Å². The molecule has 0 spiro atoms. The zero-order valence-corrected chi connectivity index (χ0v) is 13.7. The Labute approximate surface area is 143 Å². The van der Waals surface area contributed by atoms with Gasteiger partial charge in [-0.1, -0.05) is 0 Å². The smallest absolute Gasteiger partial charge is 0.417 e. The molecule has 0 atom stereocenters. The number of nitrogens with zero attached hydrogens (tertiary/aromatic N) is 3. The second-order valence-corrected chi connectivity index (χ2v) is 5.95. The van der Waals surface area contributed by atoms with Crippen LogP contribution in [-0.4, -0.2) is 42.0 Å². The van der Waals surface area contributed by atoms with Gasteiger partial charge >= 0.3 is 6.18 Å². The molecule has 134 valence electrons. The Bertz CT molecular complexity index is 740. The number of furan rings is 1. The highest BCUT2D eigenvalue weighted by molar-refractivity contribution is 5.91. The molecule has 0 radical (unpaired) electrons. The van der Waals surface area contributed by atoms with Crippen molar-refractivity contribution < 1.29 is 22.4 Å². The van der Waals surface area contributed by atoms with Gasteiger partial charge in [-0.2, -0.15) is 13.2 Å². The van der Waals surface area contributed by atoms with Crippen molar-refractivity contribution in [3.05, 3.63) is 47.5 Å². The fourth-order valence-electron chi connectivity index (χ4n) is 2.80. The number of halogens is 3. The Kier molecular flexibility index (Phi) is 4.69. The molecule has 0 unspecified atom stereocenters. The van der Waals surface area contributed by atoms with Crippen LogP contribution in [0.5, 0.6) is 0 Å². The molecule has 0 saturated carbocycles. The Morgan fingerprint density at radius 1 is 1.12 bits per heavy atom. The number of hydrogen-bond acceptors (Lipinski definition) is 4. The van der Waals surface area contributed by atoms with Crippen molar-refractivity contribution in [2.75, 3.05) is 31.1 Å². The lowest BCUT2D eigenvalue weighted by atomic mass is 10.2. The maximum Gasteiger partial charge on any atom is 0.417 e. The Morgan fingerprint density at radius 2 is 1.92 bits per heavy atom. The minimum atomic E-state index is -4.39. The SMILES string of the molecule is Cc1ccc(C(=O)N2CCCN(c3ccc(C(F)(F)F)cn3)CC2)o1. The first-order valence-electron chi connectivity index (χ1n) is 7.98. The van der Waals surface area contributed by atoms with E-state index in [-0.39, 0.29) is 5.91 Å². The first-order chi connectivity index (χ1) is 11.8. The molecular formula is C17H18F3N3O2. The van der Waals surface area contributed by atoms with Gasteiger partial charge in [-0.15, -0.1) is 0 Å². The van der Waals surface area contributed by atoms with Crippen LogP contribution in [0.1, 0.15) is 28.3 Å². The number of carbonyl (C=O) groups is 1. The van der Waals surface area contributed by atoms with Gasteiger partial charge in [-0.3, -0.25) is 4.79 Å². The number of pyridine rings is 1. The molecular weight excluding hydrogens is 335 g/mol. The Morgan fingerprint density at radius 3 is 2.52 bits per heavy atom. The lowest BCUT2D eigenvalue weighted by molar-refractivity contribution is -0.137. The van der Waals surface area contributed by atoms with Crippen molar-refractivity contribution in [1.29, 1.82) is 0 Å². The van der Waals surface area contributed by atoms with E-state index in [1.54, 1.807) is 24.0 Å². The van der Waals surface area contributed by atoms with Crippen molar-refractivity contribution in [3.63, 3.8) is 0 Å². The fraction of sp³-hybridized carbons (Fsp3) is 0.412. The minimum absolute atomic E-state index is 0.171. The van der Waals surface area contributed by atoms with Gasteiger partial charge < -0.3 is 14.2 Å². The highest BCUT2D eigenvalue weighted by Gasteiger charge is 2.31. The molecule has 25 heavy (non-hydrogen) atoms. The van der Waals surface area contributed by atoms with Crippen LogP contribution in [0.2, 0.25) is 0 Å². The zero-order chi connectivity index (χ0) is 18.0. The van der Waals surface area contributed by atoms with E-state index in [4.69, 9.17) is 4.42 Å². The summed E-state index contributed by atoms with van der Waals surface area (Å²) in [5.41, 5.74) is -0.768. The molecule has 0 aliphatic carbocycles. The monoisotopic (exact) mass is 353 g/mol. The number of aromatic nitrogens is 1. The molecule has 1 fully saturated rings. The second-order valence-electron chi connectivity index (χ2n) is 5.95. The Balaban J connectivity index is 1.66. The van der Waals surface area contributed by atoms with E-state index in [0.717, 1.165) is 12.3 Å². The third-order valence-electron chi connectivity index (χ3n) is 4.13. The van der Waals surface area contributed by atoms with Crippen molar-refractivity contribution >= 4 is 11.7 Å². The summed E-state index contributed by atoms with van der Waals surface area (Å²) in [5.74, 6) is 1.29. The summed E-state index contributed by atoms with van der Waals surface area (Å²) in [6.45, 7) is 3.93. The molecule has 0 bridgehead atoms. The van der Waals surface area contributed by atoms with Crippen molar-refractivity contribution in [3.8, 4) is 0 Å². The average molecular weight is 353 g/mol. The van der Waals surface area contributed by atoms with E-state index >= 15 is 0 Å². The van der Waals surface area contributed by atoms with Crippen LogP contribution in [-0.2, 0) is 6.18 Å². The van der Waals surface area contributed by atoms with Crippen molar-refractivity contribution in [2.45, 2.75) is 19.5 Å². The van der Waals surface area contributed by atoms with E-state index in [1.165, 1.54) is 6.07 Å². The second kappa shape index (κ2) is 6.78. The molecule has 2 aromatic rings. The number of rotatable bonds is 2. The molecule has 0 aromatic carbocycles.